The Hall–Kier alpha value is -1.00. The summed E-state index contributed by atoms with van der Waals surface area (Å²) >= 11 is 0. The zero-order valence-corrected chi connectivity index (χ0v) is 14.4. The quantitative estimate of drug-likeness (QED) is 0.746. The second-order valence-corrected chi connectivity index (χ2v) is 7.22. The van der Waals surface area contributed by atoms with Crippen LogP contribution in [-0.4, -0.2) is 59.6 Å². The van der Waals surface area contributed by atoms with Crippen molar-refractivity contribution in [1.82, 2.24) is 9.80 Å². The molecule has 22 heavy (non-hydrogen) atoms. The number of Topliss-reactive ketones (excluding diaryl/α,β-unsaturated/α-hetero) is 2. The van der Waals surface area contributed by atoms with Gasteiger partial charge < -0.3 is 0 Å². The predicted octanol–water partition coefficient (Wildman–Crippen LogP) is 2.14. The lowest BCUT2D eigenvalue weighted by Gasteiger charge is -2.36. The Kier molecular flexibility index (Phi) is 5.93. The Morgan fingerprint density at radius 2 is 1.18 bits per heavy atom. The van der Waals surface area contributed by atoms with Gasteiger partial charge in [0.05, 0.1) is 0 Å². The van der Waals surface area contributed by atoms with Gasteiger partial charge in [0.25, 0.3) is 0 Å². The normalized spacial score (nSPS) is 35.5. The SMILES string of the molecule is C[C@H]1CN(C/C=C/CN2C[C@H](C)C(=O)C[C@@H]2C)[C@@H](C)CC1=O. The summed E-state index contributed by atoms with van der Waals surface area (Å²) in [7, 11) is 0. The summed E-state index contributed by atoms with van der Waals surface area (Å²) in [5, 5.41) is 0. The smallest absolute Gasteiger partial charge is 0.138 e. The van der Waals surface area contributed by atoms with Crippen molar-refractivity contribution < 1.29 is 9.59 Å². The van der Waals surface area contributed by atoms with Gasteiger partial charge in [0.1, 0.15) is 11.6 Å². The van der Waals surface area contributed by atoms with Gasteiger partial charge in [-0.15, -0.1) is 0 Å². The summed E-state index contributed by atoms with van der Waals surface area (Å²) in [6.45, 7) is 11.9. The lowest BCUT2D eigenvalue weighted by Crippen LogP contribution is -2.46. The van der Waals surface area contributed by atoms with E-state index in [9.17, 15) is 9.59 Å². The van der Waals surface area contributed by atoms with Gasteiger partial charge in [-0.2, -0.15) is 0 Å². The highest BCUT2D eigenvalue weighted by molar-refractivity contribution is 5.82. The van der Waals surface area contributed by atoms with Crippen molar-refractivity contribution in [3.8, 4) is 0 Å². The molecular formula is C18H30N2O2. The van der Waals surface area contributed by atoms with Crippen LogP contribution < -0.4 is 0 Å². The Morgan fingerprint density at radius 3 is 1.55 bits per heavy atom. The van der Waals surface area contributed by atoms with Crippen LogP contribution in [0.15, 0.2) is 12.2 Å². The summed E-state index contributed by atoms with van der Waals surface area (Å²) in [6.07, 6.45) is 5.79. The van der Waals surface area contributed by atoms with Gasteiger partial charge in [-0.1, -0.05) is 26.0 Å². The zero-order valence-electron chi connectivity index (χ0n) is 14.4. The highest BCUT2D eigenvalue weighted by Crippen LogP contribution is 2.19. The van der Waals surface area contributed by atoms with Crippen LogP contribution in [0.5, 0.6) is 0 Å². The van der Waals surface area contributed by atoms with Crippen molar-refractivity contribution in [1.29, 1.82) is 0 Å². The van der Waals surface area contributed by atoms with Crippen molar-refractivity contribution in [2.75, 3.05) is 26.2 Å². The minimum Gasteiger partial charge on any atom is -0.299 e. The molecule has 0 N–H and O–H groups in total. The molecule has 0 saturated carbocycles. The topological polar surface area (TPSA) is 40.6 Å². The molecule has 0 radical (unpaired) electrons. The monoisotopic (exact) mass is 306 g/mol. The third-order valence-corrected chi connectivity index (χ3v) is 5.20. The number of carbonyl (C=O) groups is 2. The summed E-state index contributed by atoms with van der Waals surface area (Å²) < 4.78 is 0. The average Bonchev–Trinajstić information content (AvgIpc) is 2.45. The van der Waals surface area contributed by atoms with Crippen molar-refractivity contribution in [3.05, 3.63) is 12.2 Å². The number of ketones is 2. The molecule has 4 heteroatoms. The minimum absolute atomic E-state index is 0.165. The van der Waals surface area contributed by atoms with Gasteiger partial charge in [0.15, 0.2) is 0 Å². The van der Waals surface area contributed by atoms with E-state index in [1.54, 1.807) is 0 Å². The molecule has 0 amide bonds. The maximum atomic E-state index is 11.7. The van der Waals surface area contributed by atoms with Crippen molar-refractivity contribution in [2.24, 2.45) is 11.8 Å². The van der Waals surface area contributed by atoms with Crippen LogP contribution in [0, 0.1) is 11.8 Å². The summed E-state index contributed by atoms with van der Waals surface area (Å²) in [6, 6.07) is 0.694. The molecule has 2 fully saturated rings. The molecule has 2 aliphatic rings. The Bertz CT molecular complexity index is 406. The standard InChI is InChI=1S/C18H30N2O2/c1-13-11-19(15(3)9-17(13)21)7-5-6-8-20-12-14(2)18(22)10-16(20)4/h5-6,13-16H,7-12H2,1-4H3/b6-5+/t13-,14-,15-,16-/m0/s1. The molecule has 0 aromatic carbocycles. The fraction of sp³-hybridized carbons (Fsp3) is 0.778. The number of hydrogen-bond acceptors (Lipinski definition) is 4. The lowest BCUT2D eigenvalue weighted by atomic mass is 9.93. The van der Waals surface area contributed by atoms with Crippen LogP contribution in [0.1, 0.15) is 40.5 Å². The molecule has 2 aliphatic heterocycles. The van der Waals surface area contributed by atoms with Crippen molar-refractivity contribution in [3.63, 3.8) is 0 Å². The number of carbonyl (C=O) groups excluding carboxylic acids is 2. The van der Waals surface area contributed by atoms with Crippen LogP contribution in [0.25, 0.3) is 0 Å². The largest absolute Gasteiger partial charge is 0.299 e. The van der Waals surface area contributed by atoms with Crippen molar-refractivity contribution in [2.45, 2.75) is 52.6 Å². The second-order valence-electron chi connectivity index (χ2n) is 7.22. The van der Waals surface area contributed by atoms with Gasteiger partial charge in [0.2, 0.25) is 0 Å². The molecular weight excluding hydrogens is 276 g/mol. The first-order valence-corrected chi connectivity index (χ1v) is 8.57. The van der Waals surface area contributed by atoms with Gasteiger partial charge >= 0.3 is 0 Å². The number of nitrogens with zero attached hydrogens (tertiary/aromatic N) is 2. The van der Waals surface area contributed by atoms with Crippen molar-refractivity contribution >= 4 is 11.6 Å². The van der Waals surface area contributed by atoms with Gasteiger partial charge in [-0.25, -0.2) is 0 Å². The van der Waals surface area contributed by atoms with E-state index in [1.165, 1.54) is 0 Å². The summed E-state index contributed by atoms with van der Waals surface area (Å²) in [5.41, 5.74) is 0. The van der Waals surface area contributed by atoms with Crippen LogP contribution in [0.2, 0.25) is 0 Å². The predicted molar refractivity (Wildman–Crippen MR) is 88.8 cm³/mol. The molecule has 0 spiro atoms. The Morgan fingerprint density at radius 1 is 0.818 bits per heavy atom. The average molecular weight is 306 g/mol. The summed E-state index contributed by atoms with van der Waals surface area (Å²) in [4.78, 5) is 28.2. The highest BCUT2D eigenvalue weighted by atomic mass is 16.1. The molecule has 2 rings (SSSR count). The molecule has 4 nitrogen and oxygen atoms in total. The van der Waals surface area contributed by atoms with Crippen LogP contribution in [0.3, 0.4) is 0 Å². The first kappa shape index (κ1) is 17.4. The summed E-state index contributed by atoms with van der Waals surface area (Å²) in [5.74, 6) is 1.12. The lowest BCUT2D eigenvalue weighted by molar-refractivity contribution is -0.127. The van der Waals surface area contributed by atoms with E-state index in [2.05, 4.69) is 35.8 Å². The molecule has 0 bridgehead atoms. The molecule has 0 unspecified atom stereocenters. The zero-order chi connectivity index (χ0) is 16.3. The maximum absolute atomic E-state index is 11.7. The fourth-order valence-corrected chi connectivity index (χ4v) is 3.44. The molecule has 2 saturated heterocycles. The van der Waals surface area contributed by atoms with E-state index in [-0.39, 0.29) is 11.8 Å². The second kappa shape index (κ2) is 7.51. The van der Waals surface area contributed by atoms with E-state index in [0.717, 1.165) is 26.2 Å². The fourth-order valence-electron chi connectivity index (χ4n) is 3.44. The first-order chi connectivity index (χ1) is 10.4. The molecule has 0 aromatic heterocycles. The number of likely N-dealkylation sites (tertiary alicyclic amines) is 2. The highest BCUT2D eigenvalue weighted by Gasteiger charge is 2.29. The van der Waals surface area contributed by atoms with E-state index >= 15 is 0 Å². The van der Waals surface area contributed by atoms with E-state index in [0.29, 0.717) is 36.5 Å². The molecule has 2 heterocycles. The third kappa shape index (κ3) is 4.26. The van der Waals surface area contributed by atoms with Gasteiger partial charge in [-0.3, -0.25) is 19.4 Å². The first-order valence-electron chi connectivity index (χ1n) is 8.57. The minimum atomic E-state index is 0.165. The van der Waals surface area contributed by atoms with E-state index in [4.69, 9.17) is 0 Å². The van der Waals surface area contributed by atoms with E-state index in [1.807, 2.05) is 13.8 Å². The number of hydrogen-bond donors (Lipinski definition) is 0. The Labute approximate surface area is 134 Å². The maximum Gasteiger partial charge on any atom is 0.138 e. The number of piperidine rings is 2. The molecule has 124 valence electrons. The van der Waals surface area contributed by atoms with E-state index < -0.39 is 0 Å². The molecule has 4 atom stereocenters. The van der Waals surface area contributed by atoms with Crippen LogP contribution in [0.4, 0.5) is 0 Å². The van der Waals surface area contributed by atoms with Gasteiger partial charge in [-0.05, 0) is 13.8 Å². The van der Waals surface area contributed by atoms with Gasteiger partial charge in [0, 0.05) is 62.9 Å². The van der Waals surface area contributed by atoms with Crippen LogP contribution >= 0.6 is 0 Å². The third-order valence-electron chi connectivity index (χ3n) is 5.20. The van der Waals surface area contributed by atoms with Crippen LogP contribution in [-0.2, 0) is 9.59 Å². The number of rotatable bonds is 4. The Balaban J connectivity index is 1.78. The molecule has 0 aromatic rings. The molecule has 0 aliphatic carbocycles.